The molecule has 0 amide bonds. The lowest BCUT2D eigenvalue weighted by molar-refractivity contribution is 0.0172. The van der Waals surface area contributed by atoms with Crippen LogP contribution in [-0.2, 0) is 14.8 Å². The number of methoxy groups -OCH3 is 2. The predicted molar refractivity (Wildman–Crippen MR) is 121 cm³/mol. The van der Waals surface area contributed by atoms with E-state index >= 15 is 0 Å². The molecule has 3 rings (SSSR count). The Bertz CT molecular complexity index is 958. The normalized spacial score (nSPS) is 16.0. The van der Waals surface area contributed by atoms with E-state index in [1.807, 2.05) is 31.1 Å². The van der Waals surface area contributed by atoms with Crippen LogP contribution in [0.3, 0.4) is 0 Å². The zero-order valence-electron chi connectivity index (χ0n) is 18.5. The summed E-state index contributed by atoms with van der Waals surface area (Å²) < 4.78 is 45.0. The minimum atomic E-state index is -3.82. The summed E-state index contributed by atoms with van der Waals surface area (Å²) in [4.78, 5) is 4.34. The molecule has 2 aromatic rings. The Morgan fingerprint density at radius 1 is 1.06 bits per heavy atom. The lowest BCUT2D eigenvalue weighted by Gasteiger charge is -2.35. The lowest BCUT2D eigenvalue weighted by Crippen LogP contribution is -2.43. The van der Waals surface area contributed by atoms with Crippen LogP contribution in [0.5, 0.6) is 11.5 Å². The Kier molecular flexibility index (Phi) is 7.77. The first kappa shape index (κ1) is 23.3. The van der Waals surface area contributed by atoms with Crippen LogP contribution in [0, 0.1) is 0 Å². The second kappa shape index (κ2) is 10.3. The molecular formula is C22H31N3O5S. The fraction of sp³-hybridized carbons (Fsp3) is 0.455. The maximum atomic E-state index is 13.1. The van der Waals surface area contributed by atoms with Crippen LogP contribution >= 0.6 is 0 Å². The molecule has 0 aliphatic carbocycles. The summed E-state index contributed by atoms with van der Waals surface area (Å²) in [5.41, 5.74) is 2.14. The topological polar surface area (TPSA) is 80.3 Å². The van der Waals surface area contributed by atoms with E-state index in [2.05, 4.69) is 21.8 Å². The third kappa shape index (κ3) is 5.68. The zero-order valence-corrected chi connectivity index (χ0v) is 19.3. The van der Waals surface area contributed by atoms with Crippen LogP contribution in [0.4, 0.5) is 5.69 Å². The van der Waals surface area contributed by atoms with Crippen LogP contribution in [0.1, 0.15) is 11.6 Å². The number of hydrogen-bond donors (Lipinski definition) is 1. The standard InChI is InChI=1S/C22H31N3O5S/c1-24(2)18-7-5-17(6-8-18)20(25-11-13-30-14-12-25)16-23-31(26,27)22-15-19(28-3)9-10-21(22)29-4/h5-10,15,20,23H,11-14,16H2,1-4H3. The van der Waals surface area contributed by atoms with Crippen molar-refractivity contribution in [3.8, 4) is 11.5 Å². The molecule has 0 radical (unpaired) electrons. The Balaban J connectivity index is 1.86. The smallest absolute Gasteiger partial charge is 0.244 e. The molecule has 1 aliphatic rings. The van der Waals surface area contributed by atoms with Gasteiger partial charge in [-0.2, -0.15) is 0 Å². The molecular weight excluding hydrogens is 418 g/mol. The Morgan fingerprint density at radius 3 is 2.32 bits per heavy atom. The van der Waals surface area contributed by atoms with Gasteiger partial charge in [0.2, 0.25) is 10.0 Å². The highest BCUT2D eigenvalue weighted by Crippen LogP contribution is 2.29. The maximum absolute atomic E-state index is 13.1. The third-order valence-electron chi connectivity index (χ3n) is 5.41. The maximum Gasteiger partial charge on any atom is 0.244 e. The molecule has 0 saturated carbocycles. The molecule has 1 fully saturated rings. The molecule has 9 heteroatoms. The molecule has 2 aromatic carbocycles. The average Bonchev–Trinajstić information content (AvgIpc) is 2.79. The number of morpholine rings is 1. The summed E-state index contributed by atoms with van der Waals surface area (Å²) in [6.07, 6.45) is 0. The number of nitrogens with zero attached hydrogens (tertiary/aromatic N) is 2. The minimum absolute atomic E-state index is 0.0537. The van der Waals surface area contributed by atoms with Crippen LogP contribution in [-0.4, -0.2) is 74.5 Å². The average molecular weight is 450 g/mol. The molecule has 31 heavy (non-hydrogen) atoms. The van der Waals surface area contributed by atoms with Crippen molar-refractivity contribution in [1.82, 2.24) is 9.62 Å². The molecule has 0 spiro atoms. The van der Waals surface area contributed by atoms with Gasteiger partial charge in [-0.25, -0.2) is 13.1 Å². The zero-order chi connectivity index (χ0) is 22.4. The second-order valence-corrected chi connectivity index (χ2v) is 9.25. The quantitative estimate of drug-likeness (QED) is 0.628. The Hall–Kier alpha value is -2.33. The summed E-state index contributed by atoms with van der Waals surface area (Å²) in [5.74, 6) is 0.719. The Morgan fingerprint density at radius 2 is 1.74 bits per heavy atom. The third-order valence-corrected chi connectivity index (χ3v) is 6.85. The van der Waals surface area contributed by atoms with Gasteiger partial charge in [0.15, 0.2) is 0 Å². The fourth-order valence-corrected chi connectivity index (χ4v) is 4.82. The van der Waals surface area contributed by atoms with E-state index in [1.165, 1.54) is 20.3 Å². The summed E-state index contributed by atoms with van der Waals surface area (Å²) in [5, 5.41) is 0. The number of benzene rings is 2. The van der Waals surface area contributed by atoms with Gasteiger partial charge in [0.25, 0.3) is 0 Å². The SMILES string of the molecule is COc1ccc(OC)c(S(=O)(=O)NCC(c2ccc(N(C)C)cc2)N2CCOCC2)c1. The van der Waals surface area contributed by atoms with Crippen molar-refractivity contribution in [1.29, 1.82) is 0 Å². The molecule has 1 heterocycles. The van der Waals surface area contributed by atoms with Crippen molar-refractivity contribution in [2.45, 2.75) is 10.9 Å². The highest BCUT2D eigenvalue weighted by atomic mass is 32.2. The molecule has 1 N–H and O–H groups in total. The van der Waals surface area contributed by atoms with Gasteiger partial charge in [-0.15, -0.1) is 0 Å². The number of ether oxygens (including phenoxy) is 3. The fourth-order valence-electron chi connectivity index (χ4n) is 3.60. The largest absolute Gasteiger partial charge is 0.497 e. The van der Waals surface area contributed by atoms with E-state index in [-0.39, 0.29) is 23.2 Å². The van der Waals surface area contributed by atoms with E-state index in [4.69, 9.17) is 14.2 Å². The van der Waals surface area contributed by atoms with Crippen molar-refractivity contribution >= 4 is 15.7 Å². The first-order chi connectivity index (χ1) is 14.9. The van der Waals surface area contributed by atoms with Gasteiger partial charge in [-0.1, -0.05) is 12.1 Å². The van der Waals surface area contributed by atoms with E-state index in [1.54, 1.807) is 12.1 Å². The molecule has 0 aromatic heterocycles. The van der Waals surface area contributed by atoms with Crippen molar-refractivity contribution in [3.05, 3.63) is 48.0 Å². The Labute approximate surface area is 184 Å². The van der Waals surface area contributed by atoms with E-state index < -0.39 is 10.0 Å². The van der Waals surface area contributed by atoms with Crippen LogP contribution < -0.4 is 19.1 Å². The van der Waals surface area contributed by atoms with Crippen LogP contribution in [0.25, 0.3) is 0 Å². The molecule has 1 saturated heterocycles. The summed E-state index contributed by atoms with van der Waals surface area (Å²) in [7, 11) is 3.11. The number of anilines is 1. The van der Waals surface area contributed by atoms with Crippen molar-refractivity contribution in [2.24, 2.45) is 0 Å². The van der Waals surface area contributed by atoms with Crippen molar-refractivity contribution in [2.75, 3.05) is 66.1 Å². The number of sulfonamides is 1. The molecule has 1 aliphatic heterocycles. The molecule has 170 valence electrons. The van der Waals surface area contributed by atoms with Gasteiger partial charge in [-0.3, -0.25) is 4.90 Å². The van der Waals surface area contributed by atoms with Crippen LogP contribution in [0.15, 0.2) is 47.4 Å². The number of hydrogen-bond acceptors (Lipinski definition) is 7. The first-order valence-electron chi connectivity index (χ1n) is 10.2. The monoisotopic (exact) mass is 449 g/mol. The van der Waals surface area contributed by atoms with Crippen LogP contribution in [0.2, 0.25) is 0 Å². The van der Waals surface area contributed by atoms with Gasteiger partial charge in [0.05, 0.1) is 27.4 Å². The second-order valence-electron chi connectivity index (χ2n) is 7.52. The van der Waals surface area contributed by atoms with Gasteiger partial charge < -0.3 is 19.1 Å². The first-order valence-corrected chi connectivity index (χ1v) is 11.6. The van der Waals surface area contributed by atoms with Crippen molar-refractivity contribution in [3.63, 3.8) is 0 Å². The highest BCUT2D eigenvalue weighted by molar-refractivity contribution is 7.89. The summed E-state index contributed by atoms with van der Waals surface area (Å²) in [6.45, 7) is 2.96. The lowest BCUT2D eigenvalue weighted by atomic mass is 10.0. The number of nitrogens with one attached hydrogen (secondary N) is 1. The van der Waals surface area contributed by atoms with Gasteiger partial charge in [-0.05, 0) is 29.8 Å². The van der Waals surface area contributed by atoms with E-state index in [0.717, 1.165) is 24.3 Å². The molecule has 1 atom stereocenters. The molecule has 8 nitrogen and oxygen atoms in total. The highest BCUT2D eigenvalue weighted by Gasteiger charge is 2.27. The van der Waals surface area contributed by atoms with Crippen molar-refractivity contribution < 1.29 is 22.6 Å². The molecule has 1 unspecified atom stereocenters. The van der Waals surface area contributed by atoms with Gasteiger partial charge in [0, 0.05) is 51.5 Å². The van der Waals surface area contributed by atoms with E-state index in [0.29, 0.717) is 19.0 Å². The predicted octanol–water partition coefficient (Wildman–Crippen LogP) is 2.12. The summed E-state index contributed by atoms with van der Waals surface area (Å²) >= 11 is 0. The van der Waals surface area contributed by atoms with E-state index in [9.17, 15) is 8.42 Å². The summed E-state index contributed by atoms with van der Waals surface area (Å²) in [6, 6.07) is 12.8. The van der Waals surface area contributed by atoms with Gasteiger partial charge >= 0.3 is 0 Å². The minimum Gasteiger partial charge on any atom is -0.497 e. The number of rotatable bonds is 9. The molecule has 0 bridgehead atoms. The van der Waals surface area contributed by atoms with Gasteiger partial charge in [0.1, 0.15) is 16.4 Å².